The Labute approximate surface area is 138 Å². The highest BCUT2D eigenvalue weighted by molar-refractivity contribution is 7.17. The first kappa shape index (κ1) is 17.0. The molecule has 1 N–H and O–H groups in total. The molecule has 0 saturated heterocycles. The lowest BCUT2D eigenvalue weighted by atomic mass is 10.2. The second-order valence-corrected chi connectivity index (χ2v) is 6.07. The Kier molecular flexibility index (Phi) is 5.33. The highest BCUT2D eigenvalue weighted by Crippen LogP contribution is 2.24. The molecule has 2 aromatic rings. The van der Waals surface area contributed by atoms with Gasteiger partial charge in [0.25, 0.3) is 5.91 Å². The Bertz CT molecular complexity index is 707. The monoisotopic (exact) mass is 334 g/mol. The van der Waals surface area contributed by atoms with Gasteiger partial charge in [-0.15, -0.1) is 0 Å². The Morgan fingerprint density at radius 2 is 1.87 bits per heavy atom. The van der Waals surface area contributed by atoms with Crippen LogP contribution in [-0.2, 0) is 4.74 Å². The highest BCUT2D eigenvalue weighted by atomic mass is 32.1. The number of aromatic nitrogens is 1. The van der Waals surface area contributed by atoms with E-state index in [0.29, 0.717) is 27.0 Å². The molecular weight excluding hydrogens is 316 g/mol. The third-order valence-electron chi connectivity index (χ3n) is 2.88. The Morgan fingerprint density at radius 1 is 1.22 bits per heavy atom. The zero-order valence-corrected chi connectivity index (χ0v) is 14.2. The fourth-order valence-electron chi connectivity index (χ4n) is 1.86. The highest BCUT2D eigenvalue weighted by Gasteiger charge is 2.17. The number of rotatable bonds is 5. The van der Waals surface area contributed by atoms with E-state index in [9.17, 15) is 9.59 Å². The SMILES string of the molecule is COC(=O)c1sc(NC(=O)c2ccc(OC(C)C)cc2)nc1C. The van der Waals surface area contributed by atoms with Crippen molar-refractivity contribution in [2.75, 3.05) is 12.4 Å². The number of methoxy groups -OCH3 is 1. The smallest absolute Gasteiger partial charge is 0.350 e. The summed E-state index contributed by atoms with van der Waals surface area (Å²) in [5.74, 6) is -0.0587. The summed E-state index contributed by atoms with van der Waals surface area (Å²) in [4.78, 5) is 28.3. The molecule has 0 aliphatic carbocycles. The van der Waals surface area contributed by atoms with Crippen molar-refractivity contribution in [3.8, 4) is 5.75 Å². The molecule has 23 heavy (non-hydrogen) atoms. The standard InChI is InChI=1S/C16H18N2O4S/c1-9(2)22-12-7-5-11(6-8-12)14(19)18-16-17-10(3)13(23-16)15(20)21-4/h5-9H,1-4H3,(H,17,18,19). The number of hydrogen-bond acceptors (Lipinski definition) is 6. The van der Waals surface area contributed by atoms with Crippen LogP contribution in [0.2, 0.25) is 0 Å². The minimum atomic E-state index is -0.462. The number of carbonyl (C=O) groups excluding carboxylic acids is 2. The molecule has 0 unspecified atom stereocenters. The number of ether oxygens (including phenoxy) is 2. The van der Waals surface area contributed by atoms with Gasteiger partial charge in [0.1, 0.15) is 10.6 Å². The molecule has 0 aliphatic heterocycles. The van der Waals surface area contributed by atoms with E-state index in [1.165, 1.54) is 7.11 Å². The Morgan fingerprint density at radius 3 is 2.43 bits per heavy atom. The maximum absolute atomic E-state index is 12.2. The van der Waals surface area contributed by atoms with E-state index in [0.717, 1.165) is 11.3 Å². The maximum atomic E-state index is 12.2. The second-order valence-electron chi connectivity index (χ2n) is 5.07. The molecule has 0 saturated carbocycles. The number of nitrogens with one attached hydrogen (secondary N) is 1. The van der Waals surface area contributed by atoms with Crippen LogP contribution >= 0.6 is 11.3 Å². The van der Waals surface area contributed by atoms with Gasteiger partial charge in [0.05, 0.1) is 18.9 Å². The van der Waals surface area contributed by atoms with Gasteiger partial charge in [-0.1, -0.05) is 11.3 Å². The molecule has 0 radical (unpaired) electrons. The molecule has 1 heterocycles. The lowest BCUT2D eigenvalue weighted by molar-refractivity contribution is 0.0605. The van der Waals surface area contributed by atoms with Crippen LogP contribution in [-0.4, -0.2) is 30.1 Å². The van der Waals surface area contributed by atoms with Gasteiger partial charge in [0, 0.05) is 5.56 Å². The summed E-state index contributed by atoms with van der Waals surface area (Å²) in [5.41, 5.74) is 1.01. The number of thiazole rings is 1. The Balaban J connectivity index is 2.08. The molecule has 0 fully saturated rings. The minimum absolute atomic E-state index is 0.0738. The van der Waals surface area contributed by atoms with Crippen molar-refractivity contribution in [2.24, 2.45) is 0 Å². The van der Waals surface area contributed by atoms with E-state index in [2.05, 4.69) is 15.0 Å². The molecule has 7 heteroatoms. The van der Waals surface area contributed by atoms with Crippen molar-refractivity contribution in [1.82, 2.24) is 4.98 Å². The molecule has 0 spiro atoms. The predicted molar refractivity (Wildman–Crippen MR) is 88.3 cm³/mol. The molecule has 1 amide bonds. The van der Waals surface area contributed by atoms with Gasteiger partial charge in [-0.25, -0.2) is 9.78 Å². The number of benzene rings is 1. The van der Waals surface area contributed by atoms with Gasteiger partial charge in [0.15, 0.2) is 5.13 Å². The second kappa shape index (κ2) is 7.23. The summed E-state index contributed by atoms with van der Waals surface area (Å²) >= 11 is 1.08. The van der Waals surface area contributed by atoms with E-state index in [1.807, 2.05) is 13.8 Å². The lowest BCUT2D eigenvalue weighted by Gasteiger charge is -2.09. The zero-order chi connectivity index (χ0) is 17.0. The molecule has 0 aliphatic rings. The molecule has 1 aromatic heterocycles. The number of aryl methyl sites for hydroxylation is 1. The predicted octanol–water partition coefficient (Wildman–Crippen LogP) is 3.28. The quantitative estimate of drug-likeness (QED) is 0.849. The number of amides is 1. The van der Waals surface area contributed by atoms with Crippen molar-refractivity contribution >= 4 is 28.3 Å². The average Bonchev–Trinajstić information content (AvgIpc) is 2.87. The fraction of sp³-hybridized carbons (Fsp3) is 0.312. The van der Waals surface area contributed by atoms with E-state index < -0.39 is 5.97 Å². The largest absolute Gasteiger partial charge is 0.491 e. The van der Waals surface area contributed by atoms with Crippen LogP contribution in [0.15, 0.2) is 24.3 Å². The van der Waals surface area contributed by atoms with Crippen molar-refractivity contribution in [2.45, 2.75) is 26.9 Å². The summed E-state index contributed by atoms with van der Waals surface area (Å²) in [6, 6.07) is 6.83. The van der Waals surface area contributed by atoms with Crippen LogP contribution in [0.4, 0.5) is 5.13 Å². The lowest BCUT2D eigenvalue weighted by Crippen LogP contribution is -2.12. The summed E-state index contributed by atoms with van der Waals surface area (Å²) in [5, 5.41) is 3.04. The first-order valence-electron chi connectivity index (χ1n) is 7.04. The normalized spacial score (nSPS) is 10.5. The van der Waals surface area contributed by atoms with E-state index >= 15 is 0 Å². The number of anilines is 1. The van der Waals surface area contributed by atoms with Crippen molar-refractivity contribution in [1.29, 1.82) is 0 Å². The molecule has 0 atom stereocenters. The van der Waals surface area contributed by atoms with Crippen LogP contribution < -0.4 is 10.1 Å². The molecule has 122 valence electrons. The minimum Gasteiger partial charge on any atom is -0.491 e. The van der Waals surface area contributed by atoms with Crippen molar-refractivity contribution in [3.05, 3.63) is 40.4 Å². The zero-order valence-electron chi connectivity index (χ0n) is 13.4. The van der Waals surface area contributed by atoms with Gasteiger partial charge in [-0.2, -0.15) is 0 Å². The first-order chi connectivity index (χ1) is 10.9. The third-order valence-corrected chi connectivity index (χ3v) is 3.93. The molecule has 1 aromatic carbocycles. The molecule has 6 nitrogen and oxygen atoms in total. The Hall–Kier alpha value is -2.41. The van der Waals surface area contributed by atoms with Gasteiger partial charge in [0.2, 0.25) is 0 Å². The molecular formula is C16H18N2O4S. The van der Waals surface area contributed by atoms with Gasteiger partial charge >= 0.3 is 5.97 Å². The average molecular weight is 334 g/mol. The summed E-state index contributed by atoms with van der Waals surface area (Å²) in [6.07, 6.45) is 0.0738. The molecule has 0 bridgehead atoms. The van der Waals surface area contributed by atoms with E-state index in [4.69, 9.17) is 4.74 Å². The fourth-order valence-corrected chi connectivity index (χ4v) is 2.74. The number of nitrogens with zero attached hydrogens (tertiary/aromatic N) is 1. The van der Waals surface area contributed by atoms with Crippen molar-refractivity contribution < 1.29 is 19.1 Å². The van der Waals surface area contributed by atoms with Gasteiger partial charge in [-0.05, 0) is 45.0 Å². The van der Waals surface area contributed by atoms with Crippen LogP contribution in [0, 0.1) is 6.92 Å². The van der Waals surface area contributed by atoms with Crippen molar-refractivity contribution in [3.63, 3.8) is 0 Å². The number of hydrogen-bond donors (Lipinski definition) is 1. The summed E-state index contributed by atoms with van der Waals surface area (Å²) in [7, 11) is 1.31. The van der Waals surface area contributed by atoms with Gasteiger partial charge in [-0.3, -0.25) is 10.1 Å². The number of carbonyl (C=O) groups is 2. The molecule has 2 rings (SSSR count). The topological polar surface area (TPSA) is 77.5 Å². The van der Waals surface area contributed by atoms with Crippen LogP contribution in [0.5, 0.6) is 5.75 Å². The third kappa shape index (κ3) is 4.29. The van der Waals surface area contributed by atoms with E-state index in [1.54, 1.807) is 31.2 Å². The van der Waals surface area contributed by atoms with E-state index in [-0.39, 0.29) is 12.0 Å². The van der Waals surface area contributed by atoms with Gasteiger partial charge < -0.3 is 9.47 Å². The number of esters is 1. The van der Waals surface area contributed by atoms with Crippen LogP contribution in [0.3, 0.4) is 0 Å². The van der Waals surface area contributed by atoms with Crippen LogP contribution in [0.25, 0.3) is 0 Å². The van der Waals surface area contributed by atoms with Crippen LogP contribution in [0.1, 0.15) is 39.6 Å². The maximum Gasteiger partial charge on any atom is 0.350 e. The first-order valence-corrected chi connectivity index (χ1v) is 7.86. The summed E-state index contributed by atoms with van der Waals surface area (Å²) < 4.78 is 10.2. The summed E-state index contributed by atoms with van der Waals surface area (Å²) in [6.45, 7) is 5.56.